The minimum Gasteiger partial charge on any atom is -0.392 e. The van der Waals surface area contributed by atoms with Crippen molar-refractivity contribution in [3.63, 3.8) is 0 Å². The summed E-state index contributed by atoms with van der Waals surface area (Å²) in [5.74, 6) is 2.67. The molecular formula is C19H28N4OS. The standard InChI is InChI=1S/C19H28N4OS/c1-12-6-8-23(9-7-12)11-16-21-18(20-10-13(2)24)17-14-4-3-5-15(14)25-19(17)22-16/h12-13,24H,3-11H2,1-2H3,(H,20,21,22)/t13-/m1/s1. The Balaban J connectivity index is 1.63. The van der Waals surface area contributed by atoms with Gasteiger partial charge in [0, 0.05) is 11.4 Å². The van der Waals surface area contributed by atoms with Gasteiger partial charge in [0.2, 0.25) is 0 Å². The predicted octanol–water partition coefficient (Wildman–Crippen LogP) is 3.20. The molecule has 1 saturated heterocycles. The van der Waals surface area contributed by atoms with E-state index in [0.717, 1.165) is 48.4 Å². The normalized spacial score (nSPS) is 20.1. The molecule has 5 nitrogen and oxygen atoms in total. The van der Waals surface area contributed by atoms with Crippen molar-refractivity contribution in [1.82, 2.24) is 14.9 Å². The Hall–Kier alpha value is -1.24. The molecule has 136 valence electrons. The molecule has 0 spiro atoms. The van der Waals surface area contributed by atoms with Crippen molar-refractivity contribution >= 4 is 27.4 Å². The fourth-order valence-corrected chi connectivity index (χ4v) is 5.18. The molecule has 0 unspecified atom stereocenters. The molecule has 0 saturated carbocycles. The van der Waals surface area contributed by atoms with E-state index < -0.39 is 0 Å². The SMILES string of the molecule is CC1CCN(Cc2nc(NC[C@@H](C)O)c3c4c(sc3n2)CCC4)CC1. The minimum atomic E-state index is -0.385. The van der Waals surface area contributed by atoms with Crippen molar-refractivity contribution in [3.05, 3.63) is 16.3 Å². The van der Waals surface area contributed by atoms with E-state index in [9.17, 15) is 5.11 Å². The second kappa shape index (κ2) is 7.17. The highest BCUT2D eigenvalue weighted by molar-refractivity contribution is 7.19. The summed E-state index contributed by atoms with van der Waals surface area (Å²) in [5.41, 5.74) is 1.44. The zero-order valence-electron chi connectivity index (χ0n) is 15.2. The summed E-state index contributed by atoms with van der Waals surface area (Å²) >= 11 is 1.84. The molecule has 3 heterocycles. The van der Waals surface area contributed by atoms with Crippen LogP contribution in [0.4, 0.5) is 5.82 Å². The van der Waals surface area contributed by atoms with E-state index in [-0.39, 0.29) is 6.10 Å². The number of nitrogens with one attached hydrogen (secondary N) is 1. The van der Waals surface area contributed by atoms with E-state index in [1.165, 1.54) is 41.5 Å². The quantitative estimate of drug-likeness (QED) is 0.857. The lowest BCUT2D eigenvalue weighted by molar-refractivity contribution is 0.181. The maximum Gasteiger partial charge on any atom is 0.146 e. The van der Waals surface area contributed by atoms with E-state index >= 15 is 0 Å². The molecule has 1 aliphatic carbocycles. The Morgan fingerprint density at radius 1 is 1.28 bits per heavy atom. The highest BCUT2D eigenvalue weighted by Gasteiger charge is 2.23. The molecule has 2 aliphatic rings. The molecule has 0 bridgehead atoms. The van der Waals surface area contributed by atoms with Gasteiger partial charge in [-0.2, -0.15) is 0 Å². The van der Waals surface area contributed by atoms with Crippen molar-refractivity contribution in [2.75, 3.05) is 25.0 Å². The van der Waals surface area contributed by atoms with Crippen LogP contribution in [0.2, 0.25) is 0 Å². The van der Waals surface area contributed by atoms with Gasteiger partial charge in [-0.1, -0.05) is 6.92 Å². The number of fused-ring (bicyclic) bond motifs is 3. The number of aromatic nitrogens is 2. The molecule has 1 aliphatic heterocycles. The number of likely N-dealkylation sites (tertiary alicyclic amines) is 1. The third-order valence-electron chi connectivity index (χ3n) is 5.42. The first-order chi connectivity index (χ1) is 12.1. The second-order valence-electron chi connectivity index (χ2n) is 7.71. The topological polar surface area (TPSA) is 61.3 Å². The number of rotatable bonds is 5. The van der Waals surface area contributed by atoms with Gasteiger partial charge in [-0.15, -0.1) is 11.3 Å². The van der Waals surface area contributed by atoms with Gasteiger partial charge < -0.3 is 10.4 Å². The first kappa shape index (κ1) is 17.2. The summed E-state index contributed by atoms with van der Waals surface area (Å²) in [7, 11) is 0. The van der Waals surface area contributed by atoms with Gasteiger partial charge in [-0.25, -0.2) is 9.97 Å². The van der Waals surface area contributed by atoms with Crippen LogP contribution in [0, 0.1) is 5.92 Å². The molecule has 2 aromatic rings. The summed E-state index contributed by atoms with van der Waals surface area (Å²) in [5, 5.41) is 14.3. The van der Waals surface area contributed by atoms with Gasteiger partial charge >= 0.3 is 0 Å². The Bertz CT molecular complexity index is 749. The molecule has 6 heteroatoms. The van der Waals surface area contributed by atoms with Crippen molar-refractivity contribution in [2.24, 2.45) is 5.92 Å². The van der Waals surface area contributed by atoms with Gasteiger partial charge in [-0.3, -0.25) is 4.90 Å². The summed E-state index contributed by atoms with van der Waals surface area (Å²) in [6.45, 7) is 7.77. The Kier molecular flexibility index (Phi) is 4.93. The van der Waals surface area contributed by atoms with Crippen LogP contribution in [-0.4, -0.2) is 45.7 Å². The zero-order chi connectivity index (χ0) is 17.4. The number of hydrogen-bond donors (Lipinski definition) is 2. The van der Waals surface area contributed by atoms with Gasteiger partial charge in [0.1, 0.15) is 16.5 Å². The highest BCUT2D eigenvalue weighted by atomic mass is 32.1. The van der Waals surface area contributed by atoms with Gasteiger partial charge in [-0.05, 0) is 63.6 Å². The molecule has 0 radical (unpaired) electrons. The predicted molar refractivity (Wildman–Crippen MR) is 103 cm³/mol. The number of nitrogens with zero attached hydrogens (tertiary/aromatic N) is 3. The van der Waals surface area contributed by atoms with Crippen LogP contribution in [-0.2, 0) is 19.4 Å². The average Bonchev–Trinajstić information content (AvgIpc) is 3.15. The summed E-state index contributed by atoms with van der Waals surface area (Å²) in [6, 6.07) is 0. The first-order valence-corrected chi connectivity index (χ1v) is 10.4. The van der Waals surface area contributed by atoms with Crippen molar-refractivity contribution in [2.45, 2.75) is 58.6 Å². The lowest BCUT2D eigenvalue weighted by atomic mass is 9.99. The van der Waals surface area contributed by atoms with Gasteiger partial charge in [0.15, 0.2) is 0 Å². The second-order valence-corrected chi connectivity index (χ2v) is 8.80. The summed E-state index contributed by atoms with van der Waals surface area (Å²) in [6.07, 6.45) is 5.69. The molecule has 25 heavy (non-hydrogen) atoms. The lowest BCUT2D eigenvalue weighted by Gasteiger charge is -2.29. The van der Waals surface area contributed by atoms with Crippen LogP contribution in [0.25, 0.3) is 10.2 Å². The summed E-state index contributed by atoms with van der Waals surface area (Å²) in [4.78, 5) is 14.8. The number of thiophene rings is 1. The lowest BCUT2D eigenvalue weighted by Crippen LogP contribution is -2.33. The largest absolute Gasteiger partial charge is 0.392 e. The molecular weight excluding hydrogens is 332 g/mol. The monoisotopic (exact) mass is 360 g/mol. The average molecular weight is 361 g/mol. The number of aliphatic hydroxyl groups excluding tert-OH is 1. The van der Waals surface area contributed by atoms with Crippen molar-refractivity contribution < 1.29 is 5.11 Å². The van der Waals surface area contributed by atoms with E-state index in [4.69, 9.17) is 9.97 Å². The fourth-order valence-electron chi connectivity index (χ4n) is 3.90. The first-order valence-electron chi connectivity index (χ1n) is 9.55. The minimum absolute atomic E-state index is 0.385. The van der Waals surface area contributed by atoms with Crippen LogP contribution >= 0.6 is 11.3 Å². The number of aryl methyl sites for hydroxylation is 2. The van der Waals surface area contributed by atoms with Crippen LogP contribution in [0.15, 0.2) is 0 Å². The van der Waals surface area contributed by atoms with Gasteiger partial charge in [0.25, 0.3) is 0 Å². The molecule has 2 aromatic heterocycles. The van der Waals surface area contributed by atoms with Crippen LogP contribution in [0.1, 0.15) is 49.4 Å². The molecule has 4 rings (SSSR count). The molecule has 1 atom stereocenters. The van der Waals surface area contributed by atoms with Crippen LogP contribution in [0.3, 0.4) is 0 Å². The number of piperidine rings is 1. The number of anilines is 1. The Morgan fingerprint density at radius 2 is 2.08 bits per heavy atom. The van der Waals surface area contributed by atoms with E-state index in [0.29, 0.717) is 6.54 Å². The van der Waals surface area contributed by atoms with E-state index in [1.54, 1.807) is 6.92 Å². The molecule has 1 fully saturated rings. The summed E-state index contributed by atoms with van der Waals surface area (Å²) < 4.78 is 0. The van der Waals surface area contributed by atoms with E-state index in [2.05, 4.69) is 17.1 Å². The molecule has 0 amide bonds. The third-order valence-corrected chi connectivity index (χ3v) is 6.60. The van der Waals surface area contributed by atoms with Crippen LogP contribution in [0.5, 0.6) is 0 Å². The van der Waals surface area contributed by atoms with Gasteiger partial charge in [0.05, 0.1) is 18.0 Å². The van der Waals surface area contributed by atoms with Crippen LogP contribution < -0.4 is 5.32 Å². The number of hydrogen-bond acceptors (Lipinski definition) is 6. The molecule has 0 aromatic carbocycles. The highest BCUT2D eigenvalue weighted by Crippen LogP contribution is 2.39. The zero-order valence-corrected chi connectivity index (χ0v) is 16.0. The maximum absolute atomic E-state index is 9.67. The molecule has 2 N–H and O–H groups in total. The maximum atomic E-state index is 9.67. The van der Waals surface area contributed by atoms with Crippen molar-refractivity contribution in [1.29, 1.82) is 0 Å². The smallest absolute Gasteiger partial charge is 0.146 e. The Morgan fingerprint density at radius 3 is 2.84 bits per heavy atom. The fraction of sp³-hybridized carbons (Fsp3) is 0.684. The van der Waals surface area contributed by atoms with Crippen molar-refractivity contribution in [3.8, 4) is 0 Å². The third kappa shape index (κ3) is 3.66. The van der Waals surface area contributed by atoms with E-state index in [1.807, 2.05) is 11.3 Å². The number of aliphatic hydroxyl groups is 1. The Labute approximate surface area is 153 Å².